The highest BCUT2D eigenvalue weighted by atomic mass is 127. The number of Topliss-reactive ketones (excluding diaryl/α,β-unsaturated/α-hetero) is 1. The molecule has 1 aliphatic heterocycles. The number of hydrogen-bond donors (Lipinski definition) is 1. The van der Waals surface area contributed by atoms with Crippen LogP contribution in [-0.2, 0) is 9.59 Å². The van der Waals surface area contributed by atoms with E-state index in [9.17, 15) is 14.4 Å². The normalized spacial score (nSPS) is 16.0. The van der Waals surface area contributed by atoms with Gasteiger partial charge in [0.25, 0.3) is 11.7 Å². The predicted molar refractivity (Wildman–Crippen MR) is 68.1 cm³/mol. The van der Waals surface area contributed by atoms with Crippen LogP contribution in [0, 0.1) is 3.57 Å². The Kier molecular flexibility index (Phi) is 2.90. The van der Waals surface area contributed by atoms with Crippen molar-refractivity contribution in [1.29, 1.82) is 0 Å². The van der Waals surface area contributed by atoms with Crippen molar-refractivity contribution in [3.63, 3.8) is 0 Å². The number of carboxylic acids is 1. The first kappa shape index (κ1) is 12.0. The van der Waals surface area contributed by atoms with Crippen LogP contribution in [0.15, 0.2) is 18.2 Å². The second-order valence-corrected chi connectivity index (χ2v) is 4.93. The first-order chi connectivity index (χ1) is 7.93. The summed E-state index contributed by atoms with van der Waals surface area (Å²) in [6, 6.07) is 3.87. The molecule has 1 amide bonds. The summed E-state index contributed by atoms with van der Waals surface area (Å²) in [6.45, 7) is 1.38. The summed E-state index contributed by atoms with van der Waals surface area (Å²) in [5, 5.41) is 8.92. The van der Waals surface area contributed by atoms with E-state index in [1.807, 2.05) is 22.6 Å². The van der Waals surface area contributed by atoms with Crippen molar-refractivity contribution >= 4 is 45.9 Å². The summed E-state index contributed by atoms with van der Waals surface area (Å²) in [5.74, 6) is -2.57. The van der Waals surface area contributed by atoms with E-state index in [1.165, 1.54) is 6.92 Å². The Balaban J connectivity index is 2.56. The molecule has 0 spiro atoms. The summed E-state index contributed by atoms with van der Waals surface area (Å²) >= 11 is 2.03. The number of anilines is 1. The third-order valence-electron chi connectivity index (χ3n) is 2.62. The number of benzene rings is 1. The van der Waals surface area contributed by atoms with Gasteiger partial charge in [0.15, 0.2) is 0 Å². The smallest absolute Gasteiger partial charge is 0.326 e. The lowest BCUT2D eigenvalue weighted by Gasteiger charge is -2.20. The number of nitrogens with zero attached hydrogens (tertiary/aromatic N) is 1. The van der Waals surface area contributed by atoms with Crippen LogP contribution in [0.25, 0.3) is 0 Å². The van der Waals surface area contributed by atoms with Crippen LogP contribution in [0.5, 0.6) is 0 Å². The molecule has 0 aliphatic carbocycles. The number of ketones is 1. The third kappa shape index (κ3) is 1.82. The van der Waals surface area contributed by atoms with E-state index in [2.05, 4.69) is 0 Å². The first-order valence-electron chi connectivity index (χ1n) is 4.83. The van der Waals surface area contributed by atoms with Crippen LogP contribution in [0.2, 0.25) is 0 Å². The molecule has 1 atom stereocenters. The minimum Gasteiger partial charge on any atom is -0.480 e. The average molecular weight is 345 g/mol. The molecule has 0 saturated carbocycles. The average Bonchev–Trinajstić information content (AvgIpc) is 2.51. The molecule has 6 heteroatoms. The van der Waals surface area contributed by atoms with Gasteiger partial charge in [-0.15, -0.1) is 0 Å². The van der Waals surface area contributed by atoms with Gasteiger partial charge in [-0.1, -0.05) is 0 Å². The molecule has 0 bridgehead atoms. The highest BCUT2D eigenvalue weighted by molar-refractivity contribution is 14.1. The van der Waals surface area contributed by atoms with Gasteiger partial charge in [-0.05, 0) is 47.7 Å². The summed E-state index contributed by atoms with van der Waals surface area (Å²) in [7, 11) is 0. The molecular weight excluding hydrogens is 337 g/mol. The summed E-state index contributed by atoms with van der Waals surface area (Å²) in [6.07, 6.45) is 0. The second-order valence-electron chi connectivity index (χ2n) is 3.68. The number of amides is 1. The fourth-order valence-corrected chi connectivity index (χ4v) is 2.22. The van der Waals surface area contributed by atoms with E-state index in [4.69, 9.17) is 5.11 Å². The highest BCUT2D eigenvalue weighted by Gasteiger charge is 2.40. The Morgan fingerprint density at radius 3 is 2.65 bits per heavy atom. The molecule has 17 heavy (non-hydrogen) atoms. The van der Waals surface area contributed by atoms with Crippen LogP contribution in [0.4, 0.5) is 5.69 Å². The largest absolute Gasteiger partial charge is 0.480 e. The van der Waals surface area contributed by atoms with E-state index in [0.717, 1.165) is 8.47 Å². The lowest BCUT2D eigenvalue weighted by Crippen LogP contribution is -2.42. The minimum absolute atomic E-state index is 0.273. The number of hydrogen-bond acceptors (Lipinski definition) is 3. The number of fused-ring (bicyclic) bond motifs is 1. The lowest BCUT2D eigenvalue weighted by atomic mass is 10.1. The van der Waals surface area contributed by atoms with Gasteiger partial charge in [0, 0.05) is 3.57 Å². The molecule has 1 N–H and O–H groups in total. The molecule has 1 aromatic carbocycles. The standard InChI is InChI=1S/C11H8INO4/c1-5(11(16)17)13-8-3-2-6(12)4-7(8)9(14)10(13)15/h2-5H,1H3,(H,16,17). The maximum Gasteiger partial charge on any atom is 0.326 e. The zero-order chi connectivity index (χ0) is 12.7. The van der Waals surface area contributed by atoms with E-state index >= 15 is 0 Å². The van der Waals surface area contributed by atoms with Crippen molar-refractivity contribution in [3.8, 4) is 0 Å². The van der Waals surface area contributed by atoms with Crippen LogP contribution in [0.1, 0.15) is 17.3 Å². The van der Waals surface area contributed by atoms with E-state index < -0.39 is 23.7 Å². The maximum absolute atomic E-state index is 11.7. The minimum atomic E-state index is -1.14. The van der Waals surface area contributed by atoms with Crippen molar-refractivity contribution in [1.82, 2.24) is 0 Å². The quantitative estimate of drug-likeness (QED) is 0.648. The molecule has 1 unspecified atom stereocenters. The third-order valence-corrected chi connectivity index (χ3v) is 3.29. The molecule has 0 saturated heterocycles. The van der Waals surface area contributed by atoms with Crippen molar-refractivity contribution < 1.29 is 19.5 Å². The van der Waals surface area contributed by atoms with Crippen LogP contribution >= 0.6 is 22.6 Å². The van der Waals surface area contributed by atoms with Crippen molar-refractivity contribution in [2.24, 2.45) is 0 Å². The number of halogens is 1. The highest BCUT2D eigenvalue weighted by Crippen LogP contribution is 2.31. The maximum atomic E-state index is 11.7. The Bertz CT molecular complexity index is 540. The monoisotopic (exact) mass is 345 g/mol. The SMILES string of the molecule is CC(C(=O)O)N1C(=O)C(=O)c2cc(I)ccc21. The van der Waals surface area contributed by atoms with Crippen LogP contribution < -0.4 is 4.90 Å². The summed E-state index contributed by atoms with van der Waals surface area (Å²) < 4.78 is 0.826. The number of carbonyl (C=O) groups is 3. The van der Waals surface area contributed by atoms with Crippen LogP contribution in [0.3, 0.4) is 0 Å². The van der Waals surface area contributed by atoms with E-state index in [0.29, 0.717) is 5.69 Å². The molecule has 0 aromatic heterocycles. The number of carboxylic acid groups (broad SMARTS) is 1. The predicted octanol–water partition coefficient (Wildman–Crippen LogP) is 1.29. The van der Waals surface area contributed by atoms with E-state index in [1.54, 1.807) is 18.2 Å². The first-order valence-corrected chi connectivity index (χ1v) is 5.91. The van der Waals surface area contributed by atoms with Crippen molar-refractivity contribution in [3.05, 3.63) is 27.3 Å². The van der Waals surface area contributed by atoms with Gasteiger partial charge >= 0.3 is 5.97 Å². The van der Waals surface area contributed by atoms with Gasteiger partial charge < -0.3 is 5.11 Å². The van der Waals surface area contributed by atoms with Crippen molar-refractivity contribution in [2.75, 3.05) is 4.90 Å². The van der Waals surface area contributed by atoms with Crippen molar-refractivity contribution in [2.45, 2.75) is 13.0 Å². The Hall–Kier alpha value is -1.44. The molecule has 1 aliphatic rings. The Morgan fingerprint density at radius 2 is 2.06 bits per heavy atom. The molecule has 0 radical (unpaired) electrons. The van der Waals surface area contributed by atoms with Gasteiger partial charge in [0.2, 0.25) is 0 Å². The second kappa shape index (κ2) is 4.10. The van der Waals surface area contributed by atoms with Gasteiger partial charge in [-0.2, -0.15) is 0 Å². The molecule has 2 rings (SSSR count). The molecular formula is C11H8INO4. The van der Waals surface area contributed by atoms with Crippen LogP contribution in [-0.4, -0.2) is 28.8 Å². The van der Waals surface area contributed by atoms with E-state index in [-0.39, 0.29) is 5.56 Å². The Morgan fingerprint density at radius 1 is 1.41 bits per heavy atom. The molecule has 88 valence electrons. The fraction of sp³-hybridized carbons (Fsp3) is 0.182. The zero-order valence-electron chi connectivity index (χ0n) is 8.81. The number of carbonyl (C=O) groups excluding carboxylic acids is 2. The van der Waals surface area contributed by atoms with Gasteiger partial charge in [-0.3, -0.25) is 14.5 Å². The lowest BCUT2D eigenvalue weighted by molar-refractivity contribution is -0.139. The summed E-state index contributed by atoms with van der Waals surface area (Å²) in [4.78, 5) is 35.4. The molecule has 5 nitrogen and oxygen atoms in total. The fourth-order valence-electron chi connectivity index (χ4n) is 1.73. The topological polar surface area (TPSA) is 74.7 Å². The summed E-state index contributed by atoms with van der Waals surface area (Å²) in [5.41, 5.74) is 0.644. The molecule has 0 fully saturated rings. The Labute approximate surface area is 111 Å². The van der Waals surface area contributed by atoms with Gasteiger partial charge in [0.05, 0.1) is 11.3 Å². The number of rotatable bonds is 2. The van der Waals surface area contributed by atoms with Gasteiger partial charge in [0.1, 0.15) is 6.04 Å². The zero-order valence-corrected chi connectivity index (χ0v) is 11.0. The number of aliphatic carboxylic acids is 1. The van der Waals surface area contributed by atoms with Gasteiger partial charge in [-0.25, -0.2) is 4.79 Å². The molecule has 1 heterocycles. The molecule has 1 aromatic rings.